The molecule has 3 N–H and O–H groups in total. The van der Waals surface area contributed by atoms with Crippen molar-refractivity contribution in [2.24, 2.45) is 5.41 Å². The summed E-state index contributed by atoms with van der Waals surface area (Å²) in [5.41, 5.74) is -0.770. The lowest BCUT2D eigenvalue weighted by Gasteiger charge is -2.35. The van der Waals surface area contributed by atoms with Gasteiger partial charge < -0.3 is 15.3 Å². The van der Waals surface area contributed by atoms with Crippen LogP contribution in [0.15, 0.2) is 62.7 Å². The van der Waals surface area contributed by atoms with E-state index in [-0.39, 0.29) is 50.6 Å². The first kappa shape index (κ1) is 29.2. The molecule has 9 nitrogen and oxygen atoms in total. The highest BCUT2D eigenvalue weighted by atomic mass is 35.5. The van der Waals surface area contributed by atoms with Gasteiger partial charge in [-0.3, -0.25) is 9.52 Å². The average molecular weight is 619 g/mol. The van der Waals surface area contributed by atoms with Crippen molar-refractivity contribution < 1.29 is 31.1 Å². The molecule has 0 radical (unpaired) electrons. The number of halogens is 3. The number of nitrogens with one attached hydrogen (secondary N) is 2. The highest BCUT2D eigenvalue weighted by Gasteiger charge is 2.48. The molecule has 0 bridgehead atoms. The van der Waals surface area contributed by atoms with Crippen molar-refractivity contribution in [1.29, 1.82) is 0 Å². The van der Waals surface area contributed by atoms with Crippen LogP contribution in [0.2, 0.25) is 5.02 Å². The van der Waals surface area contributed by atoms with Gasteiger partial charge in [0.25, 0.3) is 5.91 Å². The summed E-state index contributed by atoms with van der Waals surface area (Å²) in [6, 6.07) is 6.93. The van der Waals surface area contributed by atoms with Crippen LogP contribution in [0.3, 0.4) is 0 Å². The van der Waals surface area contributed by atoms with Crippen LogP contribution in [0.1, 0.15) is 33.3 Å². The Morgan fingerprint density at radius 3 is 2.41 bits per heavy atom. The maximum absolute atomic E-state index is 13.7. The third-order valence-corrected chi connectivity index (χ3v) is 10.3. The van der Waals surface area contributed by atoms with Crippen molar-refractivity contribution >= 4 is 60.3 Å². The topological polar surface area (TPSA) is 133 Å². The van der Waals surface area contributed by atoms with Crippen molar-refractivity contribution in [2.75, 3.05) is 15.8 Å². The monoisotopic (exact) mass is 617 g/mol. The van der Waals surface area contributed by atoms with Gasteiger partial charge >= 0.3 is 0 Å². The number of hydrogen-bond acceptors (Lipinski definition) is 7. The van der Waals surface area contributed by atoms with Crippen molar-refractivity contribution in [3.63, 3.8) is 0 Å². The molecule has 2 aromatic carbocycles. The van der Waals surface area contributed by atoms with E-state index in [1.807, 2.05) is 0 Å². The molecule has 0 fully saturated rings. The smallest absolute Gasteiger partial charge is 0.260 e. The minimum absolute atomic E-state index is 0.0184. The standard InChI is InChI=1S/C25H26Cl2FN3O6S2/c1-5-38(34,35)30-14-7-9-17-18(11-14)39(36,37)23(27)20(29-17)19-21(32)22(25(2,3)4)31(24(19)33)12-13-6-8-16(28)15(26)10-13/h6-11,22,29-30,32H,5,12H2,1-4H3/t22-/m1/s1. The third-order valence-electron chi connectivity index (χ3n) is 6.33. The predicted octanol–water partition coefficient (Wildman–Crippen LogP) is 5.12. The van der Waals surface area contributed by atoms with E-state index < -0.39 is 47.4 Å². The molecule has 0 saturated carbocycles. The number of sulfone groups is 1. The Kier molecular flexibility index (Phi) is 7.48. The van der Waals surface area contributed by atoms with Crippen molar-refractivity contribution in [3.8, 4) is 0 Å². The number of aliphatic hydroxyl groups is 1. The highest BCUT2D eigenvalue weighted by molar-refractivity contribution is 7.97. The Hall–Kier alpha value is -2.80. The zero-order valence-corrected chi connectivity index (χ0v) is 24.5. The van der Waals surface area contributed by atoms with Crippen LogP contribution in [-0.2, 0) is 31.2 Å². The largest absolute Gasteiger partial charge is 0.509 e. The van der Waals surface area contributed by atoms with Gasteiger partial charge in [0.1, 0.15) is 17.1 Å². The fourth-order valence-electron chi connectivity index (χ4n) is 4.50. The normalized spacial score (nSPS) is 19.3. The lowest BCUT2D eigenvalue weighted by atomic mass is 9.85. The molecule has 39 heavy (non-hydrogen) atoms. The first-order valence-electron chi connectivity index (χ1n) is 11.7. The SMILES string of the molecule is CCS(=O)(=O)Nc1ccc2c(c1)S(=O)(=O)C(Cl)=C(C1=C(O)[C@H](C(C)(C)C)N(Cc3ccc(F)c(Cl)c3)C1=O)N2. The van der Waals surface area contributed by atoms with Gasteiger partial charge in [-0.1, -0.05) is 50.0 Å². The van der Waals surface area contributed by atoms with E-state index >= 15 is 0 Å². The Labute approximate surface area is 236 Å². The van der Waals surface area contributed by atoms with E-state index in [4.69, 9.17) is 23.2 Å². The molecule has 0 unspecified atom stereocenters. The second kappa shape index (κ2) is 9.99. The summed E-state index contributed by atoms with van der Waals surface area (Å²) in [5.74, 6) is -1.92. The Morgan fingerprint density at radius 1 is 1.15 bits per heavy atom. The van der Waals surface area contributed by atoms with Crippen LogP contribution in [0, 0.1) is 11.2 Å². The molecular weight excluding hydrogens is 592 g/mol. The van der Waals surface area contributed by atoms with Crippen molar-refractivity contribution in [2.45, 2.75) is 45.2 Å². The summed E-state index contributed by atoms with van der Waals surface area (Å²) in [4.78, 5) is 14.8. The van der Waals surface area contributed by atoms with Crippen LogP contribution in [-0.4, -0.2) is 44.5 Å². The maximum Gasteiger partial charge on any atom is 0.260 e. The number of sulfonamides is 1. The van der Waals surface area contributed by atoms with Crippen LogP contribution in [0.4, 0.5) is 15.8 Å². The third kappa shape index (κ3) is 5.34. The number of hydrogen-bond donors (Lipinski definition) is 3. The van der Waals surface area contributed by atoms with E-state index in [9.17, 15) is 31.1 Å². The molecule has 14 heteroatoms. The number of carbonyl (C=O) groups excluding carboxylic acids is 1. The van der Waals surface area contributed by atoms with E-state index in [1.54, 1.807) is 20.8 Å². The highest BCUT2D eigenvalue weighted by Crippen LogP contribution is 2.45. The number of carbonyl (C=O) groups is 1. The first-order chi connectivity index (χ1) is 18.0. The quantitative estimate of drug-likeness (QED) is 0.410. The molecule has 0 saturated heterocycles. The molecule has 0 aromatic heterocycles. The summed E-state index contributed by atoms with van der Waals surface area (Å²) in [7, 11) is -8.08. The minimum Gasteiger partial charge on any atom is -0.509 e. The molecule has 1 amide bonds. The fourth-order valence-corrected chi connectivity index (χ4v) is 7.03. The zero-order chi connectivity index (χ0) is 29.1. The van der Waals surface area contributed by atoms with Gasteiger partial charge in [0.05, 0.1) is 33.1 Å². The molecule has 0 aliphatic carbocycles. The summed E-state index contributed by atoms with van der Waals surface area (Å²) >= 11 is 12.3. The van der Waals surface area contributed by atoms with Crippen LogP contribution >= 0.6 is 23.2 Å². The van der Waals surface area contributed by atoms with Crippen LogP contribution < -0.4 is 10.0 Å². The van der Waals surface area contributed by atoms with Crippen molar-refractivity contribution in [1.82, 2.24) is 4.90 Å². The molecular formula is C25H26Cl2FN3O6S2. The summed E-state index contributed by atoms with van der Waals surface area (Å²) in [5, 5.41) is 14.0. The van der Waals surface area contributed by atoms with Crippen molar-refractivity contribution in [3.05, 3.63) is 74.2 Å². The number of amides is 1. The summed E-state index contributed by atoms with van der Waals surface area (Å²) in [6.07, 6.45) is 0. The zero-order valence-electron chi connectivity index (χ0n) is 21.3. The molecule has 2 heterocycles. The van der Waals surface area contributed by atoms with Gasteiger partial charge in [-0.15, -0.1) is 0 Å². The summed E-state index contributed by atoms with van der Waals surface area (Å²) in [6.45, 7) is 6.77. The van der Waals surface area contributed by atoms with Gasteiger partial charge in [0.2, 0.25) is 19.9 Å². The molecule has 4 rings (SSSR count). The predicted molar refractivity (Wildman–Crippen MR) is 148 cm³/mol. The molecule has 210 valence electrons. The second-order valence-electron chi connectivity index (χ2n) is 10.2. The average Bonchev–Trinajstić information content (AvgIpc) is 3.08. The molecule has 1 atom stereocenters. The Morgan fingerprint density at radius 2 is 1.82 bits per heavy atom. The maximum atomic E-state index is 13.7. The van der Waals surface area contributed by atoms with Gasteiger partial charge in [0, 0.05) is 12.2 Å². The number of fused-ring (bicyclic) bond motifs is 1. The second-order valence-corrected chi connectivity index (χ2v) is 15.1. The Balaban J connectivity index is 1.79. The number of nitrogens with zero attached hydrogens (tertiary/aromatic N) is 1. The fraction of sp³-hybridized carbons (Fsp3) is 0.320. The van der Waals surface area contributed by atoms with Gasteiger partial charge in [0.15, 0.2) is 4.36 Å². The number of anilines is 2. The van der Waals surface area contributed by atoms with Gasteiger partial charge in [-0.2, -0.15) is 0 Å². The lowest BCUT2D eigenvalue weighted by Crippen LogP contribution is -2.43. The van der Waals surface area contributed by atoms with E-state index in [0.29, 0.717) is 5.56 Å². The van der Waals surface area contributed by atoms with E-state index in [0.717, 1.165) is 6.07 Å². The van der Waals surface area contributed by atoms with Gasteiger partial charge in [-0.05, 0) is 48.2 Å². The van der Waals surface area contributed by atoms with Crippen LogP contribution in [0.5, 0.6) is 0 Å². The number of benzene rings is 2. The number of rotatable bonds is 6. The Bertz CT molecular complexity index is 1660. The molecule has 2 aliphatic rings. The van der Waals surface area contributed by atoms with E-state index in [2.05, 4.69) is 10.0 Å². The number of aliphatic hydroxyl groups excluding tert-OH is 1. The molecule has 0 spiro atoms. The van der Waals surface area contributed by atoms with Gasteiger partial charge in [-0.25, -0.2) is 21.2 Å². The molecule has 2 aliphatic heterocycles. The first-order valence-corrected chi connectivity index (χ1v) is 15.6. The lowest BCUT2D eigenvalue weighted by molar-refractivity contribution is -0.129. The summed E-state index contributed by atoms with van der Waals surface area (Å²) < 4.78 is 66.0. The van der Waals surface area contributed by atoms with E-state index in [1.165, 1.54) is 42.2 Å². The minimum atomic E-state index is -4.41. The molecule has 2 aromatic rings. The van der Waals surface area contributed by atoms with Crippen LogP contribution in [0.25, 0.3) is 0 Å².